The molecule has 0 heterocycles. The lowest BCUT2D eigenvalue weighted by Crippen LogP contribution is -2.10. The third-order valence-corrected chi connectivity index (χ3v) is 17.9. The van der Waals surface area contributed by atoms with Crippen molar-refractivity contribution < 1.29 is 0 Å². The molecule has 0 saturated carbocycles. The molecule has 0 spiro atoms. The van der Waals surface area contributed by atoms with Gasteiger partial charge in [0.15, 0.2) is 0 Å². The predicted molar refractivity (Wildman–Crippen MR) is 364 cm³/mol. The van der Waals surface area contributed by atoms with Gasteiger partial charge in [0.1, 0.15) is 0 Å². The summed E-state index contributed by atoms with van der Waals surface area (Å²) in [7, 11) is 0. The van der Waals surface area contributed by atoms with Crippen LogP contribution in [0.3, 0.4) is 0 Å². The first-order valence-electron chi connectivity index (χ1n) is 30.2. The zero-order valence-electron chi connectivity index (χ0n) is 51.1. The molecule has 412 valence electrons. The summed E-state index contributed by atoms with van der Waals surface area (Å²) >= 11 is 0. The summed E-state index contributed by atoms with van der Waals surface area (Å²) in [4.78, 5) is 0. The third kappa shape index (κ3) is 10.0. The predicted octanol–water partition coefficient (Wildman–Crippen LogP) is 24.2. The highest BCUT2D eigenvalue weighted by atomic mass is 14.3. The Labute approximate surface area is 499 Å². The molecule has 0 radical (unpaired) electrons. The molecule has 0 saturated heterocycles. The fourth-order valence-electron chi connectivity index (χ4n) is 13.0. The molecule has 0 amide bonds. The molecule has 12 aromatic carbocycles. The monoisotopic (exact) mass is 1080 g/mol. The van der Waals surface area contributed by atoms with Crippen molar-refractivity contribution in [1.29, 1.82) is 0 Å². The third-order valence-electron chi connectivity index (χ3n) is 17.9. The zero-order chi connectivity index (χ0) is 58.5. The fraction of sp³-hybridized carbons (Fsp3) is 0.190. The first kappa shape index (κ1) is 54.4. The average Bonchev–Trinajstić information content (AvgIpc) is 1.56. The van der Waals surface area contributed by atoms with Gasteiger partial charge in [-0.15, -0.1) is 0 Å². The molecule has 0 aromatic heterocycles. The fourth-order valence-corrected chi connectivity index (χ4v) is 13.0. The van der Waals surface area contributed by atoms with Crippen LogP contribution in [0.25, 0.3) is 133 Å². The smallest absolute Gasteiger partial charge is 0.000741 e. The van der Waals surface area contributed by atoms with Crippen LogP contribution in [-0.4, -0.2) is 0 Å². The molecule has 0 heteroatoms. The second kappa shape index (κ2) is 20.5. The summed E-state index contributed by atoms with van der Waals surface area (Å²) in [5.41, 5.74) is 30.2. The molecule has 0 fully saturated rings. The number of fused-ring (bicyclic) bond motifs is 4. The number of benzene rings is 12. The summed E-state index contributed by atoms with van der Waals surface area (Å²) in [6.45, 7) is 27.5. The number of hydrogen-bond donors (Lipinski definition) is 0. The van der Waals surface area contributed by atoms with E-state index in [-0.39, 0.29) is 21.7 Å². The SMILES string of the molecule is CC(C)(C)c1ccc(-c2cc(-c3ccc(C(C)(C)C)cc3)cc(-c3ccc4c(-c5ccccc5)c5c(c(-c6ccccc6)c4c3)-c3cccc4c(-c6cc(-c7ccc(C(C)(C)C)cc7)cc(-c7ccc(C(C)(C)C)cc7)c6)ccc-5c34)c2)cc1. The normalized spacial score (nSPS) is 12.5. The van der Waals surface area contributed by atoms with Gasteiger partial charge in [-0.25, -0.2) is 0 Å². The molecule has 1 aliphatic rings. The second-order valence-electron chi connectivity index (χ2n) is 27.8. The summed E-state index contributed by atoms with van der Waals surface area (Å²) in [5, 5.41) is 5.04. The molecule has 0 nitrogen and oxygen atoms in total. The van der Waals surface area contributed by atoms with Gasteiger partial charge < -0.3 is 0 Å². The van der Waals surface area contributed by atoms with Crippen molar-refractivity contribution in [3.63, 3.8) is 0 Å². The molecule has 0 bridgehead atoms. The lowest BCUT2D eigenvalue weighted by atomic mass is 9.81. The largest absolute Gasteiger partial charge is 0.0622 e. The molecule has 0 N–H and O–H groups in total. The van der Waals surface area contributed by atoms with Gasteiger partial charge in [-0.1, -0.05) is 283 Å². The highest BCUT2D eigenvalue weighted by molar-refractivity contribution is 6.29. The maximum absolute atomic E-state index is 2.50. The van der Waals surface area contributed by atoms with Crippen LogP contribution >= 0.6 is 0 Å². The maximum Gasteiger partial charge on any atom is -0.000741 e. The Morgan fingerprint density at radius 1 is 0.179 bits per heavy atom. The summed E-state index contributed by atoms with van der Waals surface area (Å²) in [5.74, 6) is 0. The van der Waals surface area contributed by atoms with Crippen molar-refractivity contribution >= 4 is 21.5 Å². The number of hydrogen-bond acceptors (Lipinski definition) is 0. The van der Waals surface area contributed by atoms with Crippen LogP contribution in [0, 0.1) is 0 Å². The summed E-state index contributed by atoms with van der Waals surface area (Å²) in [6.07, 6.45) is 0. The average molecular weight is 1090 g/mol. The number of rotatable bonds is 8. The second-order valence-corrected chi connectivity index (χ2v) is 27.8. The van der Waals surface area contributed by atoms with Crippen molar-refractivity contribution in [2.45, 2.75) is 105 Å². The van der Waals surface area contributed by atoms with E-state index in [0.29, 0.717) is 0 Å². The molecule has 0 atom stereocenters. The van der Waals surface area contributed by atoms with Crippen molar-refractivity contribution in [3.8, 4) is 111 Å². The first-order chi connectivity index (χ1) is 40.2. The van der Waals surface area contributed by atoms with E-state index in [4.69, 9.17) is 0 Å². The standard InChI is InChI=1S/C84H76/c1-81(2,3)66-35-26-53(27-36-66)60-46-61(54-28-37-67(38-29-54)82(4,5)6)49-64(48-60)59-34-43-72-75(52-59)77(58-22-17-14-18-23-58)79-73-25-19-24-71-70(44-45-74(78(71)73)80(79)76(72)57-20-15-13-16-21-57)65-50-62(55-30-39-68(40-31-55)83(7,8)9)47-63(51-65)56-32-41-69(42-33-56)84(10,11)12/h13-52H,1-12H3. The van der Waals surface area contributed by atoms with E-state index in [9.17, 15) is 0 Å². The van der Waals surface area contributed by atoms with Crippen molar-refractivity contribution in [2.24, 2.45) is 0 Å². The summed E-state index contributed by atoms with van der Waals surface area (Å²) < 4.78 is 0. The molecular formula is C84H76. The quantitative estimate of drug-likeness (QED) is 0.142. The van der Waals surface area contributed by atoms with Gasteiger partial charge in [0, 0.05) is 0 Å². The molecule has 13 rings (SSSR count). The Balaban J connectivity index is 1.04. The van der Waals surface area contributed by atoms with Gasteiger partial charge in [0.25, 0.3) is 0 Å². The van der Waals surface area contributed by atoms with Crippen molar-refractivity contribution in [1.82, 2.24) is 0 Å². The molecule has 0 aliphatic heterocycles. The van der Waals surface area contributed by atoms with Crippen molar-refractivity contribution in [3.05, 3.63) is 265 Å². The maximum atomic E-state index is 2.50. The van der Waals surface area contributed by atoms with Gasteiger partial charge in [0.2, 0.25) is 0 Å². The van der Waals surface area contributed by atoms with Crippen LogP contribution in [-0.2, 0) is 21.7 Å². The van der Waals surface area contributed by atoms with E-state index >= 15 is 0 Å². The zero-order valence-corrected chi connectivity index (χ0v) is 51.1. The lowest BCUT2D eigenvalue weighted by Gasteiger charge is -2.22. The van der Waals surface area contributed by atoms with Gasteiger partial charge >= 0.3 is 0 Å². The summed E-state index contributed by atoms with van der Waals surface area (Å²) in [6, 6.07) is 93.0. The van der Waals surface area contributed by atoms with E-state index in [1.165, 1.54) is 155 Å². The van der Waals surface area contributed by atoms with E-state index in [1.54, 1.807) is 0 Å². The van der Waals surface area contributed by atoms with E-state index in [1.807, 2.05) is 0 Å². The van der Waals surface area contributed by atoms with Crippen LogP contribution in [0.15, 0.2) is 243 Å². The minimum Gasteiger partial charge on any atom is -0.0622 e. The molecule has 84 heavy (non-hydrogen) atoms. The molecule has 12 aromatic rings. The van der Waals surface area contributed by atoms with E-state index in [0.717, 1.165) is 0 Å². The Morgan fingerprint density at radius 3 is 0.881 bits per heavy atom. The Hall–Kier alpha value is -8.84. The van der Waals surface area contributed by atoms with Gasteiger partial charge in [-0.3, -0.25) is 0 Å². The van der Waals surface area contributed by atoms with Crippen LogP contribution in [0.1, 0.15) is 105 Å². The molecule has 1 aliphatic carbocycles. The first-order valence-corrected chi connectivity index (χ1v) is 30.2. The molecule has 0 unspecified atom stereocenters. The van der Waals surface area contributed by atoms with Gasteiger partial charge in [-0.2, -0.15) is 0 Å². The van der Waals surface area contributed by atoms with E-state index < -0.39 is 0 Å². The lowest BCUT2D eigenvalue weighted by molar-refractivity contribution is 0.590. The minimum atomic E-state index is 0.0609. The topological polar surface area (TPSA) is 0 Å². The highest BCUT2D eigenvalue weighted by Gasteiger charge is 2.32. The molecular weight excluding hydrogens is 1010 g/mol. The minimum absolute atomic E-state index is 0.0609. The van der Waals surface area contributed by atoms with Crippen LogP contribution in [0.5, 0.6) is 0 Å². The highest BCUT2D eigenvalue weighted by Crippen LogP contribution is 2.59. The van der Waals surface area contributed by atoms with Crippen LogP contribution in [0.2, 0.25) is 0 Å². The Kier molecular flexibility index (Phi) is 13.3. The van der Waals surface area contributed by atoms with E-state index in [2.05, 4.69) is 326 Å². The van der Waals surface area contributed by atoms with Gasteiger partial charge in [0.05, 0.1) is 0 Å². The Morgan fingerprint density at radius 2 is 0.500 bits per heavy atom. The van der Waals surface area contributed by atoms with Crippen LogP contribution < -0.4 is 0 Å². The van der Waals surface area contributed by atoms with Crippen LogP contribution in [0.4, 0.5) is 0 Å². The van der Waals surface area contributed by atoms with Crippen molar-refractivity contribution in [2.75, 3.05) is 0 Å². The Bertz CT molecular complexity index is 4310. The van der Waals surface area contributed by atoms with Gasteiger partial charge in [-0.05, 0) is 219 Å².